The van der Waals surface area contributed by atoms with E-state index in [-0.39, 0.29) is 12.7 Å². The third-order valence-corrected chi connectivity index (χ3v) is 4.08. The van der Waals surface area contributed by atoms with Crippen LogP contribution in [0.25, 0.3) is 0 Å². The zero-order chi connectivity index (χ0) is 12.7. The second kappa shape index (κ2) is 8.06. The van der Waals surface area contributed by atoms with E-state index in [4.69, 9.17) is 5.11 Å². The first-order chi connectivity index (χ1) is 8.21. The predicted molar refractivity (Wildman–Crippen MR) is 70.9 cm³/mol. The van der Waals surface area contributed by atoms with Gasteiger partial charge in [-0.15, -0.1) is 0 Å². The minimum absolute atomic E-state index is 0.129. The Morgan fingerprint density at radius 1 is 1.18 bits per heavy atom. The Hall–Kier alpha value is -0.120. The molecule has 1 fully saturated rings. The molecule has 102 valence electrons. The number of rotatable bonds is 7. The molecule has 1 saturated carbocycles. The summed E-state index contributed by atoms with van der Waals surface area (Å²) in [7, 11) is 0. The highest BCUT2D eigenvalue weighted by Gasteiger charge is 2.29. The van der Waals surface area contributed by atoms with Crippen LogP contribution in [0.2, 0.25) is 0 Å². The smallest absolute Gasteiger partial charge is 0.0580 e. The fourth-order valence-electron chi connectivity index (χ4n) is 3.00. The summed E-state index contributed by atoms with van der Waals surface area (Å²) in [5.41, 5.74) is 0. The Labute approximate surface area is 106 Å². The van der Waals surface area contributed by atoms with Crippen LogP contribution in [-0.2, 0) is 0 Å². The molecule has 3 atom stereocenters. The topological polar surface area (TPSA) is 43.7 Å². The molecule has 2 N–H and O–H groups in total. The summed E-state index contributed by atoms with van der Waals surface area (Å²) >= 11 is 0. The van der Waals surface area contributed by atoms with Crippen LogP contribution in [0.3, 0.4) is 0 Å². The van der Waals surface area contributed by atoms with Crippen LogP contribution in [0, 0.1) is 11.8 Å². The molecule has 17 heavy (non-hydrogen) atoms. The van der Waals surface area contributed by atoms with E-state index < -0.39 is 0 Å². The maximum atomic E-state index is 10.1. The Balaban J connectivity index is 2.44. The lowest BCUT2D eigenvalue weighted by atomic mass is 9.78. The van der Waals surface area contributed by atoms with Crippen LogP contribution in [0.4, 0.5) is 0 Å². The predicted octanol–water partition coefficient (Wildman–Crippen LogP) is 1.88. The van der Waals surface area contributed by atoms with Gasteiger partial charge in [-0.3, -0.25) is 0 Å². The molecule has 0 aliphatic heterocycles. The number of nitrogens with zero attached hydrogens (tertiary/aromatic N) is 1. The summed E-state index contributed by atoms with van der Waals surface area (Å²) in [5, 5.41) is 19.1. The molecule has 0 aromatic heterocycles. The van der Waals surface area contributed by atoms with Crippen molar-refractivity contribution in [3.8, 4) is 0 Å². The Bertz CT molecular complexity index is 193. The first-order valence-corrected chi connectivity index (χ1v) is 7.22. The first kappa shape index (κ1) is 14.9. The van der Waals surface area contributed by atoms with Gasteiger partial charge in [0.2, 0.25) is 0 Å². The molecule has 1 aliphatic carbocycles. The van der Waals surface area contributed by atoms with Gasteiger partial charge in [-0.05, 0) is 44.1 Å². The molecule has 3 unspecified atom stereocenters. The van der Waals surface area contributed by atoms with Crippen LogP contribution < -0.4 is 0 Å². The van der Waals surface area contributed by atoms with E-state index in [1.54, 1.807) is 0 Å². The first-order valence-electron chi connectivity index (χ1n) is 7.22. The minimum atomic E-state index is -0.129. The van der Waals surface area contributed by atoms with Crippen LogP contribution in [0.1, 0.15) is 46.0 Å². The monoisotopic (exact) mass is 243 g/mol. The zero-order valence-electron chi connectivity index (χ0n) is 11.4. The standard InChI is InChI=1S/C14H29NO2/c1-3-7-15(8-9-16)11-13-10-12(4-2)5-6-14(13)17/h12-14,16-17H,3-11H2,1-2H3. The van der Waals surface area contributed by atoms with Gasteiger partial charge in [0.05, 0.1) is 12.7 Å². The van der Waals surface area contributed by atoms with E-state index in [1.165, 1.54) is 12.8 Å². The van der Waals surface area contributed by atoms with Crippen molar-refractivity contribution in [1.29, 1.82) is 0 Å². The highest BCUT2D eigenvalue weighted by atomic mass is 16.3. The Kier molecular flexibility index (Phi) is 7.09. The maximum Gasteiger partial charge on any atom is 0.0580 e. The van der Waals surface area contributed by atoms with Crippen LogP contribution in [-0.4, -0.2) is 47.5 Å². The Morgan fingerprint density at radius 3 is 2.53 bits per heavy atom. The summed E-state index contributed by atoms with van der Waals surface area (Å²) in [6, 6.07) is 0. The van der Waals surface area contributed by atoms with Crippen LogP contribution in [0.15, 0.2) is 0 Å². The lowest BCUT2D eigenvalue weighted by Crippen LogP contribution is -2.40. The molecule has 0 spiro atoms. The number of aliphatic hydroxyl groups excluding tert-OH is 2. The largest absolute Gasteiger partial charge is 0.395 e. The van der Waals surface area contributed by atoms with Crippen LogP contribution in [0.5, 0.6) is 0 Å². The van der Waals surface area contributed by atoms with E-state index in [0.717, 1.165) is 44.8 Å². The van der Waals surface area contributed by atoms with E-state index in [9.17, 15) is 5.11 Å². The summed E-state index contributed by atoms with van der Waals surface area (Å²) in [5.74, 6) is 1.20. The molecule has 0 amide bonds. The third-order valence-electron chi connectivity index (χ3n) is 4.08. The molecule has 1 aliphatic rings. The van der Waals surface area contributed by atoms with E-state index in [0.29, 0.717) is 5.92 Å². The van der Waals surface area contributed by atoms with Gasteiger partial charge in [-0.2, -0.15) is 0 Å². The molecule has 3 nitrogen and oxygen atoms in total. The summed E-state index contributed by atoms with van der Waals surface area (Å²) < 4.78 is 0. The van der Waals surface area contributed by atoms with Gasteiger partial charge in [-0.1, -0.05) is 20.3 Å². The summed E-state index contributed by atoms with van der Waals surface area (Å²) in [4.78, 5) is 2.30. The summed E-state index contributed by atoms with van der Waals surface area (Å²) in [6.45, 7) is 7.36. The van der Waals surface area contributed by atoms with Crippen molar-refractivity contribution in [3.63, 3.8) is 0 Å². The fourth-order valence-corrected chi connectivity index (χ4v) is 3.00. The number of aliphatic hydroxyl groups is 2. The van der Waals surface area contributed by atoms with Gasteiger partial charge in [0, 0.05) is 13.1 Å². The van der Waals surface area contributed by atoms with Gasteiger partial charge < -0.3 is 15.1 Å². The van der Waals surface area contributed by atoms with Crippen molar-refractivity contribution >= 4 is 0 Å². The molecule has 0 aromatic rings. The molecule has 0 radical (unpaired) electrons. The summed E-state index contributed by atoms with van der Waals surface area (Å²) in [6.07, 6.45) is 5.51. The maximum absolute atomic E-state index is 10.1. The van der Waals surface area contributed by atoms with Gasteiger partial charge in [0.25, 0.3) is 0 Å². The second-order valence-corrected chi connectivity index (χ2v) is 5.44. The second-order valence-electron chi connectivity index (χ2n) is 5.44. The molecular weight excluding hydrogens is 214 g/mol. The third kappa shape index (κ3) is 4.94. The molecule has 0 aromatic carbocycles. The average molecular weight is 243 g/mol. The van der Waals surface area contributed by atoms with E-state index >= 15 is 0 Å². The highest BCUT2D eigenvalue weighted by Crippen LogP contribution is 2.31. The van der Waals surface area contributed by atoms with Crippen molar-refractivity contribution in [2.24, 2.45) is 11.8 Å². The SMILES string of the molecule is CCCN(CCO)CC1CC(CC)CCC1O. The molecule has 0 saturated heterocycles. The van der Waals surface area contributed by atoms with Crippen molar-refractivity contribution in [3.05, 3.63) is 0 Å². The lowest BCUT2D eigenvalue weighted by molar-refractivity contribution is 0.0238. The molecule has 3 heteroatoms. The molecule has 1 rings (SSSR count). The van der Waals surface area contributed by atoms with Crippen molar-refractivity contribution < 1.29 is 10.2 Å². The van der Waals surface area contributed by atoms with E-state index in [2.05, 4.69) is 18.7 Å². The van der Waals surface area contributed by atoms with Gasteiger partial charge >= 0.3 is 0 Å². The highest BCUT2D eigenvalue weighted by molar-refractivity contribution is 4.81. The van der Waals surface area contributed by atoms with E-state index in [1.807, 2.05) is 0 Å². The number of hydrogen-bond donors (Lipinski definition) is 2. The zero-order valence-corrected chi connectivity index (χ0v) is 11.4. The molecule has 0 heterocycles. The fraction of sp³-hybridized carbons (Fsp3) is 1.00. The van der Waals surface area contributed by atoms with Crippen LogP contribution >= 0.6 is 0 Å². The van der Waals surface area contributed by atoms with Crippen molar-refractivity contribution in [2.45, 2.75) is 52.1 Å². The normalized spacial score (nSPS) is 29.8. The average Bonchev–Trinajstić information content (AvgIpc) is 2.32. The number of hydrogen-bond acceptors (Lipinski definition) is 3. The molecule has 0 bridgehead atoms. The lowest BCUT2D eigenvalue weighted by Gasteiger charge is -2.36. The van der Waals surface area contributed by atoms with Gasteiger partial charge in [0.15, 0.2) is 0 Å². The molecular formula is C14H29NO2. The minimum Gasteiger partial charge on any atom is -0.395 e. The van der Waals surface area contributed by atoms with Crippen molar-refractivity contribution in [2.75, 3.05) is 26.2 Å². The quantitative estimate of drug-likeness (QED) is 0.717. The Morgan fingerprint density at radius 2 is 1.94 bits per heavy atom. The van der Waals surface area contributed by atoms with Gasteiger partial charge in [-0.25, -0.2) is 0 Å². The van der Waals surface area contributed by atoms with Crippen molar-refractivity contribution in [1.82, 2.24) is 4.90 Å². The van der Waals surface area contributed by atoms with Gasteiger partial charge in [0.1, 0.15) is 0 Å².